The zero-order valence-electron chi connectivity index (χ0n) is 7.10. The Balaban J connectivity index is 3.19. The van der Waals surface area contributed by atoms with Gasteiger partial charge in [-0.2, -0.15) is 0 Å². The lowest BCUT2D eigenvalue weighted by atomic mass is 10.1. The molecular formula is C9H11BrO2. The monoisotopic (exact) mass is 230 g/mol. The van der Waals surface area contributed by atoms with Crippen LogP contribution in [-0.2, 0) is 6.42 Å². The molecule has 3 heteroatoms. The van der Waals surface area contributed by atoms with Crippen LogP contribution in [0.25, 0.3) is 0 Å². The summed E-state index contributed by atoms with van der Waals surface area (Å²) in [7, 11) is 1.61. The van der Waals surface area contributed by atoms with Crippen LogP contribution < -0.4 is 4.74 Å². The molecule has 0 aliphatic carbocycles. The third-order valence-corrected chi connectivity index (χ3v) is 2.34. The molecule has 0 spiro atoms. The van der Waals surface area contributed by atoms with Crippen molar-refractivity contribution in [3.05, 3.63) is 22.2 Å². The summed E-state index contributed by atoms with van der Waals surface area (Å²) in [6.07, 6.45) is 0.793. The van der Waals surface area contributed by atoms with Gasteiger partial charge < -0.3 is 9.84 Å². The van der Waals surface area contributed by atoms with Crippen LogP contribution in [0.15, 0.2) is 16.6 Å². The first-order valence-electron chi connectivity index (χ1n) is 3.74. The van der Waals surface area contributed by atoms with Crippen molar-refractivity contribution in [2.75, 3.05) is 7.11 Å². The van der Waals surface area contributed by atoms with E-state index >= 15 is 0 Å². The summed E-state index contributed by atoms with van der Waals surface area (Å²) in [6, 6.07) is 3.58. The molecule has 1 aromatic carbocycles. The van der Waals surface area contributed by atoms with Gasteiger partial charge in [-0.05, 0) is 40.0 Å². The maximum Gasteiger partial charge on any atom is 0.133 e. The summed E-state index contributed by atoms with van der Waals surface area (Å²) in [5, 5.41) is 9.52. The van der Waals surface area contributed by atoms with Crippen LogP contribution in [0.1, 0.15) is 12.5 Å². The van der Waals surface area contributed by atoms with Gasteiger partial charge in [0.1, 0.15) is 11.5 Å². The molecule has 0 amide bonds. The Morgan fingerprint density at radius 1 is 1.50 bits per heavy atom. The highest BCUT2D eigenvalue weighted by molar-refractivity contribution is 9.10. The molecule has 0 heterocycles. The van der Waals surface area contributed by atoms with Gasteiger partial charge in [-0.15, -0.1) is 0 Å². The van der Waals surface area contributed by atoms with Gasteiger partial charge >= 0.3 is 0 Å². The number of hydrogen-bond donors (Lipinski definition) is 1. The number of phenols is 1. The summed E-state index contributed by atoms with van der Waals surface area (Å²) in [6.45, 7) is 1.99. The van der Waals surface area contributed by atoms with Gasteiger partial charge in [-0.3, -0.25) is 0 Å². The quantitative estimate of drug-likeness (QED) is 0.847. The largest absolute Gasteiger partial charge is 0.506 e. The first-order chi connectivity index (χ1) is 5.69. The second-order valence-electron chi connectivity index (χ2n) is 2.47. The molecule has 66 valence electrons. The van der Waals surface area contributed by atoms with Gasteiger partial charge in [0.15, 0.2) is 0 Å². The number of aryl methyl sites for hydroxylation is 1. The first kappa shape index (κ1) is 9.39. The topological polar surface area (TPSA) is 29.5 Å². The molecular weight excluding hydrogens is 220 g/mol. The van der Waals surface area contributed by atoms with E-state index in [9.17, 15) is 5.11 Å². The third kappa shape index (κ3) is 1.72. The van der Waals surface area contributed by atoms with Crippen molar-refractivity contribution in [3.8, 4) is 11.5 Å². The lowest BCUT2D eigenvalue weighted by Gasteiger charge is -2.06. The molecule has 0 saturated carbocycles. The highest BCUT2D eigenvalue weighted by Gasteiger charge is 2.06. The molecule has 1 rings (SSSR count). The Bertz CT molecular complexity index is 284. The molecule has 0 aliphatic rings. The highest BCUT2D eigenvalue weighted by Crippen LogP contribution is 2.32. The second kappa shape index (κ2) is 3.81. The number of benzene rings is 1. The van der Waals surface area contributed by atoms with Crippen molar-refractivity contribution in [1.82, 2.24) is 0 Å². The molecule has 0 bridgehead atoms. The Hall–Kier alpha value is -0.700. The number of aromatic hydroxyl groups is 1. The van der Waals surface area contributed by atoms with Crippen LogP contribution in [-0.4, -0.2) is 12.2 Å². The second-order valence-corrected chi connectivity index (χ2v) is 3.32. The minimum Gasteiger partial charge on any atom is -0.506 e. The van der Waals surface area contributed by atoms with E-state index in [-0.39, 0.29) is 0 Å². The Morgan fingerprint density at radius 2 is 2.17 bits per heavy atom. The van der Waals surface area contributed by atoms with E-state index in [4.69, 9.17) is 4.74 Å². The first-order valence-corrected chi connectivity index (χ1v) is 4.53. The van der Waals surface area contributed by atoms with Crippen molar-refractivity contribution in [2.24, 2.45) is 0 Å². The predicted octanol–water partition coefficient (Wildman–Crippen LogP) is 2.73. The van der Waals surface area contributed by atoms with Gasteiger partial charge in [0.25, 0.3) is 0 Å². The number of methoxy groups -OCH3 is 1. The Morgan fingerprint density at radius 3 is 2.67 bits per heavy atom. The average molecular weight is 231 g/mol. The molecule has 0 saturated heterocycles. The van der Waals surface area contributed by atoms with Crippen molar-refractivity contribution in [3.63, 3.8) is 0 Å². The molecule has 12 heavy (non-hydrogen) atoms. The molecule has 2 nitrogen and oxygen atoms in total. The van der Waals surface area contributed by atoms with E-state index in [1.807, 2.05) is 13.0 Å². The molecule has 0 aromatic heterocycles. The molecule has 0 unspecified atom stereocenters. The van der Waals surface area contributed by atoms with E-state index in [1.165, 1.54) is 0 Å². The minimum atomic E-state index is 0.304. The van der Waals surface area contributed by atoms with Crippen LogP contribution in [0.5, 0.6) is 11.5 Å². The smallest absolute Gasteiger partial charge is 0.133 e. The van der Waals surface area contributed by atoms with E-state index < -0.39 is 0 Å². The number of ether oxygens (including phenoxy) is 1. The maximum absolute atomic E-state index is 9.52. The molecule has 0 atom stereocenters. The van der Waals surface area contributed by atoms with Crippen molar-refractivity contribution >= 4 is 15.9 Å². The van der Waals surface area contributed by atoms with E-state index in [0.717, 1.165) is 17.7 Å². The lowest BCUT2D eigenvalue weighted by Crippen LogP contribution is -1.87. The van der Waals surface area contributed by atoms with Gasteiger partial charge in [0, 0.05) is 0 Å². The summed E-state index contributed by atoms with van der Waals surface area (Å²) >= 11 is 3.25. The van der Waals surface area contributed by atoms with Crippen LogP contribution in [0.2, 0.25) is 0 Å². The number of halogens is 1. The Kier molecular flexibility index (Phi) is 2.98. The van der Waals surface area contributed by atoms with Gasteiger partial charge in [0.05, 0.1) is 11.6 Å². The third-order valence-electron chi connectivity index (χ3n) is 1.73. The number of rotatable bonds is 2. The average Bonchev–Trinajstić information content (AvgIpc) is 2.09. The van der Waals surface area contributed by atoms with Crippen molar-refractivity contribution < 1.29 is 9.84 Å². The molecule has 1 N–H and O–H groups in total. The van der Waals surface area contributed by atoms with Crippen LogP contribution in [0.3, 0.4) is 0 Å². The maximum atomic E-state index is 9.52. The Labute approximate surface area is 80.3 Å². The SMILES string of the molecule is CCc1cc(OC)cc(Br)c1O. The van der Waals surface area contributed by atoms with E-state index in [0.29, 0.717) is 10.2 Å². The molecule has 0 aliphatic heterocycles. The van der Waals surface area contributed by atoms with E-state index in [2.05, 4.69) is 15.9 Å². The normalized spacial score (nSPS) is 9.92. The number of hydrogen-bond acceptors (Lipinski definition) is 2. The predicted molar refractivity (Wildman–Crippen MR) is 51.7 cm³/mol. The fraction of sp³-hybridized carbons (Fsp3) is 0.333. The van der Waals surface area contributed by atoms with Crippen LogP contribution in [0.4, 0.5) is 0 Å². The highest BCUT2D eigenvalue weighted by atomic mass is 79.9. The number of phenolic OH excluding ortho intramolecular Hbond substituents is 1. The summed E-state index contributed by atoms with van der Waals surface area (Å²) in [5.74, 6) is 1.06. The van der Waals surface area contributed by atoms with Crippen LogP contribution >= 0.6 is 15.9 Å². The van der Waals surface area contributed by atoms with Gasteiger partial charge in [-0.1, -0.05) is 6.92 Å². The minimum absolute atomic E-state index is 0.304. The lowest BCUT2D eigenvalue weighted by molar-refractivity contribution is 0.410. The summed E-state index contributed by atoms with van der Waals surface area (Å²) < 4.78 is 5.73. The zero-order valence-corrected chi connectivity index (χ0v) is 8.68. The summed E-state index contributed by atoms with van der Waals surface area (Å²) in [5.41, 5.74) is 0.890. The van der Waals surface area contributed by atoms with Crippen LogP contribution in [0, 0.1) is 0 Å². The van der Waals surface area contributed by atoms with Gasteiger partial charge in [-0.25, -0.2) is 0 Å². The standard InChI is InChI=1S/C9H11BrO2/c1-3-6-4-7(12-2)5-8(10)9(6)11/h4-5,11H,3H2,1-2H3. The fourth-order valence-electron chi connectivity index (χ4n) is 1.02. The molecule has 0 fully saturated rings. The van der Waals surface area contributed by atoms with Crippen molar-refractivity contribution in [1.29, 1.82) is 0 Å². The molecule has 0 radical (unpaired) electrons. The molecule has 1 aromatic rings. The fourth-order valence-corrected chi connectivity index (χ4v) is 1.50. The van der Waals surface area contributed by atoms with Gasteiger partial charge in [0.2, 0.25) is 0 Å². The van der Waals surface area contributed by atoms with Crippen molar-refractivity contribution in [2.45, 2.75) is 13.3 Å². The van der Waals surface area contributed by atoms with E-state index in [1.54, 1.807) is 13.2 Å². The summed E-state index contributed by atoms with van der Waals surface area (Å²) in [4.78, 5) is 0. The zero-order chi connectivity index (χ0) is 9.14.